The number of aromatic nitrogens is 2. The van der Waals surface area contributed by atoms with Crippen molar-refractivity contribution in [2.75, 3.05) is 26.7 Å². The third-order valence-electron chi connectivity index (χ3n) is 10.3. The number of piperidine rings is 1. The molecule has 0 spiro atoms. The summed E-state index contributed by atoms with van der Waals surface area (Å²) < 4.78 is 49.4. The van der Waals surface area contributed by atoms with Crippen LogP contribution in [0.2, 0.25) is 0 Å². The van der Waals surface area contributed by atoms with Gasteiger partial charge in [0.05, 0.1) is 37.8 Å². The first-order chi connectivity index (χ1) is 22.1. The Hall–Kier alpha value is -3.68. The zero-order valence-corrected chi connectivity index (χ0v) is 26.0. The van der Waals surface area contributed by atoms with Crippen LogP contribution < -0.4 is 20.9 Å². The number of hydrazine groups is 1. The van der Waals surface area contributed by atoms with E-state index < -0.39 is 30.9 Å². The fourth-order valence-electron chi connectivity index (χ4n) is 7.89. The average molecular weight is 640 g/mol. The SMILES string of the molecule is COc1cccc(F)c1CN1C[C@H](NC(=O)C2CCC3NNC(c4ccc5nn(C)cc5c4)C3C2)CC[C@H]1C(=O)N1CC(F)(F)C1. The first-order valence-corrected chi connectivity index (χ1v) is 16.1. The molecule has 1 aromatic heterocycles. The minimum absolute atomic E-state index is 0.0209. The van der Waals surface area contributed by atoms with Crippen LogP contribution in [-0.4, -0.2) is 82.2 Å². The highest BCUT2D eigenvalue weighted by molar-refractivity contribution is 5.83. The first kappa shape index (κ1) is 30.9. The number of nitrogens with zero attached hydrogens (tertiary/aromatic N) is 4. The summed E-state index contributed by atoms with van der Waals surface area (Å²) in [5.41, 5.74) is 9.31. The molecule has 2 amide bonds. The van der Waals surface area contributed by atoms with Crippen LogP contribution in [0.3, 0.4) is 0 Å². The van der Waals surface area contributed by atoms with Crippen LogP contribution in [0, 0.1) is 17.7 Å². The molecule has 4 aliphatic rings. The minimum Gasteiger partial charge on any atom is -0.496 e. The van der Waals surface area contributed by atoms with E-state index in [1.807, 2.05) is 19.3 Å². The first-order valence-electron chi connectivity index (χ1n) is 16.1. The number of hydrogen-bond donors (Lipinski definition) is 3. The number of carbonyl (C=O) groups excluding carboxylic acids is 2. The number of aryl methyl sites for hydroxylation is 1. The number of hydrogen-bond acceptors (Lipinski definition) is 7. The highest BCUT2D eigenvalue weighted by Gasteiger charge is 2.49. The summed E-state index contributed by atoms with van der Waals surface area (Å²) in [4.78, 5) is 30.0. The Morgan fingerprint density at radius 1 is 1.11 bits per heavy atom. The second-order valence-corrected chi connectivity index (χ2v) is 13.4. The summed E-state index contributed by atoms with van der Waals surface area (Å²) in [6.45, 7) is -0.871. The van der Waals surface area contributed by atoms with Crippen molar-refractivity contribution >= 4 is 22.7 Å². The van der Waals surface area contributed by atoms with Crippen LogP contribution in [-0.2, 0) is 23.2 Å². The zero-order valence-electron chi connectivity index (χ0n) is 26.0. The Balaban J connectivity index is 1.04. The van der Waals surface area contributed by atoms with Crippen LogP contribution in [0.5, 0.6) is 5.75 Å². The maximum absolute atomic E-state index is 15.0. The molecule has 6 atom stereocenters. The lowest BCUT2D eigenvalue weighted by Crippen LogP contribution is -2.64. The lowest BCUT2D eigenvalue weighted by atomic mass is 9.74. The van der Waals surface area contributed by atoms with Gasteiger partial charge in [0, 0.05) is 55.3 Å². The molecule has 4 unspecified atom stereocenters. The van der Waals surface area contributed by atoms with E-state index >= 15 is 0 Å². The number of halogens is 3. The zero-order chi connectivity index (χ0) is 32.2. The van der Waals surface area contributed by atoms with Gasteiger partial charge in [0.25, 0.3) is 5.92 Å². The summed E-state index contributed by atoms with van der Waals surface area (Å²) in [5.74, 6) is -3.36. The lowest BCUT2D eigenvalue weighted by molar-refractivity contribution is -0.172. The largest absolute Gasteiger partial charge is 0.496 e. The predicted octanol–water partition coefficient (Wildman–Crippen LogP) is 3.28. The minimum atomic E-state index is -2.88. The van der Waals surface area contributed by atoms with Crippen LogP contribution in [0.1, 0.15) is 49.3 Å². The maximum atomic E-state index is 15.0. The molecule has 246 valence electrons. The molecule has 0 bridgehead atoms. The molecule has 7 rings (SSSR count). The lowest BCUT2D eigenvalue weighted by Gasteiger charge is -2.45. The average Bonchev–Trinajstić information content (AvgIpc) is 3.62. The molecule has 3 aromatic rings. The highest BCUT2D eigenvalue weighted by atomic mass is 19.3. The van der Waals surface area contributed by atoms with E-state index in [1.54, 1.807) is 21.7 Å². The van der Waals surface area contributed by atoms with Crippen molar-refractivity contribution in [3.63, 3.8) is 0 Å². The normalized spacial score (nSPS) is 29.3. The number of fused-ring (bicyclic) bond motifs is 2. The van der Waals surface area contributed by atoms with Gasteiger partial charge in [-0.2, -0.15) is 5.10 Å². The summed E-state index contributed by atoms with van der Waals surface area (Å²) in [7, 11) is 3.36. The number of benzene rings is 2. The molecule has 1 saturated carbocycles. The van der Waals surface area contributed by atoms with Crippen molar-refractivity contribution in [1.29, 1.82) is 0 Å². The van der Waals surface area contributed by atoms with Gasteiger partial charge in [0.1, 0.15) is 11.6 Å². The van der Waals surface area contributed by atoms with Crippen molar-refractivity contribution in [2.45, 2.75) is 68.7 Å². The highest BCUT2D eigenvalue weighted by Crippen LogP contribution is 2.41. The van der Waals surface area contributed by atoms with E-state index in [2.05, 4.69) is 33.4 Å². The van der Waals surface area contributed by atoms with Crippen LogP contribution >= 0.6 is 0 Å². The molecule has 0 radical (unpaired) electrons. The summed E-state index contributed by atoms with van der Waals surface area (Å²) >= 11 is 0. The quantitative estimate of drug-likeness (QED) is 0.365. The second kappa shape index (κ2) is 12.2. The molecule has 10 nitrogen and oxygen atoms in total. The van der Waals surface area contributed by atoms with Gasteiger partial charge >= 0.3 is 0 Å². The van der Waals surface area contributed by atoms with Gasteiger partial charge in [-0.1, -0.05) is 12.1 Å². The van der Waals surface area contributed by atoms with Gasteiger partial charge in [0.2, 0.25) is 11.8 Å². The maximum Gasteiger partial charge on any atom is 0.282 e. The molecule has 3 saturated heterocycles. The van der Waals surface area contributed by atoms with Crippen LogP contribution in [0.15, 0.2) is 42.6 Å². The molecule has 3 N–H and O–H groups in total. The van der Waals surface area contributed by atoms with E-state index in [4.69, 9.17) is 4.74 Å². The Labute approximate surface area is 265 Å². The van der Waals surface area contributed by atoms with Crippen molar-refractivity contribution in [3.05, 3.63) is 59.5 Å². The molecule has 4 fully saturated rings. The summed E-state index contributed by atoms with van der Waals surface area (Å²) in [5, 5.41) is 8.79. The van der Waals surface area contributed by atoms with Crippen LogP contribution in [0.4, 0.5) is 13.2 Å². The fourth-order valence-corrected chi connectivity index (χ4v) is 7.89. The number of ether oxygens (including phenoxy) is 1. The van der Waals surface area contributed by atoms with E-state index in [1.165, 1.54) is 18.1 Å². The van der Waals surface area contributed by atoms with Crippen molar-refractivity contribution in [2.24, 2.45) is 18.9 Å². The van der Waals surface area contributed by atoms with Gasteiger partial charge in [0.15, 0.2) is 0 Å². The van der Waals surface area contributed by atoms with E-state index in [-0.39, 0.29) is 48.3 Å². The number of carbonyl (C=O) groups is 2. The Morgan fingerprint density at radius 3 is 2.72 bits per heavy atom. The molecular formula is C33H40F3N7O3. The Bertz CT molecular complexity index is 1620. The molecule has 1 aliphatic carbocycles. The van der Waals surface area contributed by atoms with Gasteiger partial charge < -0.3 is 15.0 Å². The number of rotatable bonds is 7. The molecule has 13 heteroatoms. The Kier molecular flexibility index (Phi) is 8.18. The number of amides is 2. The van der Waals surface area contributed by atoms with Crippen LogP contribution in [0.25, 0.3) is 10.9 Å². The topological polar surface area (TPSA) is 104 Å². The number of likely N-dealkylation sites (tertiary alicyclic amines) is 2. The Morgan fingerprint density at radius 2 is 1.93 bits per heavy atom. The van der Waals surface area contributed by atoms with Gasteiger partial charge in [-0.25, -0.2) is 18.6 Å². The molecule has 2 aromatic carbocycles. The number of alkyl halides is 2. The molecule has 4 heterocycles. The monoisotopic (exact) mass is 639 g/mol. The number of methoxy groups -OCH3 is 1. The molecular weight excluding hydrogens is 599 g/mol. The smallest absolute Gasteiger partial charge is 0.282 e. The van der Waals surface area contributed by atoms with Crippen molar-refractivity contribution in [1.82, 2.24) is 35.7 Å². The van der Waals surface area contributed by atoms with E-state index in [9.17, 15) is 22.8 Å². The van der Waals surface area contributed by atoms with E-state index in [0.717, 1.165) is 35.7 Å². The molecule has 46 heavy (non-hydrogen) atoms. The predicted molar refractivity (Wildman–Crippen MR) is 164 cm³/mol. The van der Waals surface area contributed by atoms with Crippen molar-refractivity contribution in [3.8, 4) is 5.75 Å². The second-order valence-electron chi connectivity index (χ2n) is 13.4. The standard InChI is InChI=1S/C33H40F3N7O3/c1-41-14-21-12-19(6-9-26(21)40-41)30-23-13-20(7-10-27(23)38-39-30)31(44)37-22-8-11-28(32(45)43-17-33(35,36)18-43)42(15-22)16-24-25(34)4-3-5-29(24)46-2/h3-6,9,12,14,20,22-23,27-28,30,38-39H,7-8,10-11,13,15-18H2,1-2H3,(H,37,44)/t20?,22-,23?,27?,28+,30?/m1/s1. The third kappa shape index (κ3) is 5.95. The number of nitrogens with one attached hydrogen (secondary N) is 3. The van der Waals surface area contributed by atoms with Gasteiger partial charge in [-0.15, -0.1) is 0 Å². The fraction of sp³-hybridized carbons (Fsp3) is 0.545. The third-order valence-corrected chi connectivity index (χ3v) is 10.3. The summed E-state index contributed by atoms with van der Waals surface area (Å²) in [6, 6.07) is 10.2. The van der Waals surface area contributed by atoms with Crippen molar-refractivity contribution < 1.29 is 27.5 Å². The molecule has 3 aliphatic heterocycles. The van der Waals surface area contributed by atoms with Gasteiger partial charge in [-0.05, 0) is 67.9 Å². The summed E-state index contributed by atoms with van der Waals surface area (Å²) in [6.07, 6.45) is 5.23. The van der Waals surface area contributed by atoms with E-state index in [0.29, 0.717) is 30.7 Å². The van der Waals surface area contributed by atoms with Gasteiger partial charge in [-0.3, -0.25) is 24.6 Å².